The summed E-state index contributed by atoms with van der Waals surface area (Å²) >= 11 is 0. The molecule has 27 heavy (non-hydrogen) atoms. The SMILES string of the molecule is CCCS(=O)(=O)N1CCN(CCNC(=O)c2nn3c(c2C)OCCC3)CC1. The molecule has 152 valence electrons. The van der Waals surface area contributed by atoms with Crippen LogP contribution in [0.25, 0.3) is 0 Å². The van der Waals surface area contributed by atoms with Gasteiger partial charge in [0.05, 0.1) is 12.4 Å². The van der Waals surface area contributed by atoms with Gasteiger partial charge in [0.25, 0.3) is 5.91 Å². The number of sulfonamides is 1. The summed E-state index contributed by atoms with van der Waals surface area (Å²) in [6, 6.07) is 0. The molecule has 3 rings (SSSR count). The summed E-state index contributed by atoms with van der Waals surface area (Å²) in [6.07, 6.45) is 1.53. The lowest BCUT2D eigenvalue weighted by Crippen LogP contribution is -2.50. The summed E-state index contributed by atoms with van der Waals surface area (Å²) < 4.78 is 33.1. The highest BCUT2D eigenvalue weighted by Crippen LogP contribution is 2.24. The normalized spacial score (nSPS) is 18.7. The number of ether oxygens (including phenoxy) is 1. The first-order valence-electron chi connectivity index (χ1n) is 9.61. The minimum Gasteiger partial charge on any atom is -0.478 e. The average Bonchev–Trinajstić information content (AvgIpc) is 2.99. The Balaban J connectivity index is 1.44. The van der Waals surface area contributed by atoms with Gasteiger partial charge in [-0.2, -0.15) is 9.40 Å². The first-order chi connectivity index (χ1) is 12.9. The quantitative estimate of drug-likeness (QED) is 0.697. The Morgan fingerprint density at radius 1 is 1.22 bits per heavy atom. The van der Waals surface area contributed by atoms with Crippen molar-refractivity contribution in [3.05, 3.63) is 11.3 Å². The molecule has 0 saturated carbocycles. The third-order valence-electron chi connectivity index (χ3n) is 5.00. The van der Waals surface area contributed by atoms with Crippen LogP contribution < -0.4 is 10.1 Å². The Morgan fingerprint density at radius 3 is 2.63 bits per heavy atom. The number of hydrogen-bond acceptors (Lipinski definition) is 6. The topological polar surface area (TPSA) is 96.8 Å². The second-order valence-corrected chi connectivity index (χ2v) is 9.10. The van der Waals surface area contributed by atoms with E-state index in [1.54, 1.807) is 8.99 Å². The monoisotopic (exact) mass is 399 g/mol. The first kappa shape index (κ1) is 20.1. The van der Waals surface area contributed by atoms with E-state index < -0.39 is 10.0 Å². The van der Waals surface area contributed by atoms with Gasteiger partial charge in [0.1, 0.15) is 0 Å². The van der Waals surface area contributed by atoms with Crippen LogP contribution in [0, 0.1) is 6.92 Å². The van der Waals surface area contributed by atoms with Gasteiger partial charge in [0.2, 0.25) is 15.9 Å². The fourth-order valence-corrected chi connectivity index (χ4v) is 4.99. The van der Waals surface area contributed by atoms with E-state index in [1.807, 2.05) is 13.8 Å². The van der Waals surface area contributed by atoms with Crippen LogP contribution in [0.5, 0.6) is 5.88 Å². The molecule has 1 aromatic rings. The Kier molecular flexibility index (Phi) is 6.38. The molecule has 0 aromatic carbocycles. The number of carbonyl (C=O) groups excluding carboxylic acids is 1. The predicted octanol–water partition coefficient (Wildman–Crippen LogP) is 0.0612. The molecular weight excluding hydrogens is 370 g/mol. The van der Waals surface area contributed by atoms with Crippen molar-refractivity contribution in [1.82, 2.24) is 24.3 Å². The van der Waals surface area contributed by atoms with Gasteiger partial charge in [0, 0.05) is 57.8 Å². The Morgan fingerprint density at radius 2 is 1.96 bits per heavy atom. The first-order valence-corrected chi connectivity index (χ1v) is 11.2. The zero-order chi connectivity index (χ0) is 19.4. The second-order valence-electron chi connectivity index (χ2n) is 7.02. The van der Waals surface area contributed by atoms with Gasteiger partial charge >= 0.3 is 0 Å². The number of nitrogens with zero attached hydrogens (tertiary/aromatic N) is 4. The molecule has 1 saturated heterocycles. The number of aryl methyl sites for hydroxylation is 1. The summed E-state index contributed by atoms with van der Waals surface area (Å²) in [7, 11) is -3.12. The van der Waals surface area contributed by atoms with Crippen LogP contribution in [0.3, 0.4) is 0 Å². The molecule has 0 spiro atoms. The van der Waals surface area contributed by atoms with Crippen molar-refractivity contribution in [3.8, 4) is 5.88 Å². The zero-order valence-corrected chi connectivity index (χ0v) is 16.9. The minimum absolute atomic E-state index is 0.192. The van der Waals surface area contributed by atoms with Crippen molar-refractivity contribution < 1.29 is 17.9 Å². The standard InChI is InChI=1S/C17H29N5O4S/c1-3-13-27(24,25)21-10-8-20(9-11-21)7-5-18-16(23)15-14(2)17-22(19-15)6-4-12-26-17/h3-13H2,1-2H3,(H,18,23). The van der Waals surface area contributed by atoms with Crippen molar-refractivity contribution in [2.45, 2.75) is 33.2 Å². The smallest absolute Gasteiger partial charge is 0.272 e. The van der Waals surface area contributed by atoms with Crippen molar-refractivity contribution in [3.63, 3.8) is 0 Å². The molecule has 0 atom stereocenters. The van der Waals surface area contributed by atoms with E-state index in [4.69, 9.17) is 4.74 Å². The molecule has 0 unspecified atom stereocenters. The number of amides is 1. The lowest BCUT2D eigenvalue weighted by molar-refractivity contribution is 0.0938. The lowest BCUT2D eigenvalue weighted by Gasteiger charge is -2.33. The number of hydrogen-bond donors (Lipinski definition) is 1. The predicted molar refractivity (Wildman–Crippen MR) is 102 cm³/mol. The van der Waals surface area contributed by atoms with Gasteiger partial charge in [-0.15, -0.1) is 0 Å². The van der Waals surface area contributed by atoms with Gasteiger partial charge in [-0.25, -0.2) is 13.1 Å². The van der Waals surface area contributed by atoms with Crippen LogP contribution >= 0.6 is 0 Å². The van der Waals surface area contributed by atoms with Crippen LogP contribution in [0.1, 0.15) is 35.8 Å². The molecule has 1 N–H and O–H groups in total. The van der Waals surface area contributed by atoms with E-state index in [0.717, 1.165) is 18.5 Å². The molecule has 3 heterocycles. The van der Waals surface area contributed by atoms with E-state index in [9.17, 15) is 13.2 Å². The Bertz CT molecular complexity index is 769. The van der Waals surface area contributed by atoms with Crippen molar-refractivity contribution in [2.24, 2.45) is 0 Å². The molecule has 2 aliphatic heterocycles. The maximum atomic E-state index is 12.4. The average molecular weight is 400 g/mol. The number of fused-ring (bicyclic) bond motifs is 1. The van der Waals surface area contributed by atoms with E-state index >= 15 is 0 Å². The number of rotatable bonds is 7. The summed E-state index contributed by atoms with van der Waals surface area (Å²) in [5, 5.41) is 7.28. The molecule has 0 bridgehead atoms. The molecule has 1 amide bonds. The fraction of sp³-hybridized carbons (Fsp3) is 0.765. The van der Waals surface area contributed by atoms with Crippen LogP contribution in [-0.4, -0.2) is 84.9 Å². The largest absolute Gasteiger partial charge is 0.478 e. The van der Waals surface area contributed by atoms with E-state index in [0.29, 0.717) is 63.9 Å². The van der Waals surface area contributed by atoms with E-state index in [1.165, 1.54) is 0 Å². The van der Waals surface area contributed by atoms with Gasteiger partial charge in [-0.1, -0.05) is 6.92 Å². The van der Waals surface area contributed by atoms with Crippen molar-refractivity contribution >= 4 is 15.9 Å². The number of piperazine rings is 1. The molecule has 0 radical (unpaired) electrons. The zero-order valence-electron chi connectivity index (χ0n) is 16.1. The lowest BCUT2D eigenvalue weighted by atomic mass is 10.2. The maximum absolute atomic E-state index is 12.4. The molecule has 1 fully saturated rings. The number of nitrogens with one attached hydrogen (secondary N) is 1. The van der Waals surface area contributed by atoms with E-state index in [2.05, 4.69) is 15.3 Å². The maximum Gasteiger partial charge on any atom is 0.272 e. The molecule has 0 aliphatic carbocycles. The summed E-state index contributed by atoms with van der Waals surface area (Å²) in [6.45, 7) is 8.76. The second kappa shape index (κ2) is 8.57. The highest BCUT2D eigenvalue weighted by atomic mass is 32.2. The minimum atomic E-state index is -3.12. The Hall–Kier alpha value is -1.65. The van der Waals surface area contributed by atoms with Gasteiger partial charge < -0.3 is 10.1 Å². The van der Waals surface area contributed by atoms with Crippen molar-refractivity contribution in [1.29, 1.82) is 0 Å². The Labute approximate surface area is 160 Å². The molecule has 9 nitrogen and oxygen atoms in total. The number of aromatic nitrogens is 2. The number of carbonyl (C=O) groups is 1. The van der Waals surface area contributed by atoms with Gasteiger partial charge in [0.15, 0.2) is 5.69 Å². The van der Waals surface area contributed by atoms with Crippen LogP contribution in [0.2, 0.25) is 0 Å². The fourth-order valence-electron chi connectivity index (χ4n) is 3.50. The molecule has 1 aromatic heterocycles. The third-order valence-corrected chi connectivity index (χ3v) is 7.08. The molecule has 10 heteroatoms. The third kappa shape index (κ3) is 4.61. The van der Waals surface area contributed by atoms with Gasteiger partial charge in [-0.3, -0.25) is 9.69 Å². The van der Waals surface area contributed by atoms with E-state index in [-0.39, 0.29) is 11.7 Å². The highest BCUT2D eigenvalue weighted by molar-refractivity contribution is 7.89. The van der Waals surface area contributed by atoms with Crippen LogP contribution in [0.4, 0.5) is 0 Å². The summed E-state index contributed by atoms with van der Waals surface area (Å²) in [5.41, 5.74) is 1.20. The van der Waals surface area contributed by atoms with Gasteiger partial charge in [-0.05, 0) is 13.3 Å². The highest BCUT2D eigenvalue weighted by Gasteiger charge is 2.26. The molecular formula is C17H29N5O4S. The van der Waals surface area contributed by atoms with Crippen LogP contribution in [0.15, 0.2) is 0 Å². The van der Waals surface area contributed by atoms with Crippen LogP contribution in [-0.2, 0) is 16.6 Å². The van der Waals surface area contributed by atoms with Crippen molar-refractivity contribution in [2.75, 3.05) is 51.6 Å². The summed E-state index contributed by atoms with van der Waals surface area (Å²) in [4.78, 5) is 14.6. The summed E-state index contributed by atoms with van der Waals surface area (Å²) in [5.74, 6) is 0.707. The molecule has 2 aliphatic rings.